The van der Waals surface area contributed by atoms with Crippen LogP contribution in [0.15, 0.2) is 12.4 Å². The summed E-state index contributed by atoms with van der Waals surface area (Å²) in [4.78, 5) is 20.7. The van der Waals surface area contributed by atoms with Crippen molar-refractivity contribution >= 4 is 31.5 Å². The molecule has 0 saturated carbocycles. The van der Waals surface area contributed by atoms with E-state index >= 15 is 0 Å². The standard InChI is InChI=1S/C9H10ClN3O4S/c1-17-8-3-7(11-5-12-8)13-4-6(2-9(13)14)18(10,15)16/h3,5-6H,2,4H2,1H3. The molecule has 18 heavy (non-hydrogen) atoms. The van der Waals surface area contributed by atoms with Gasteiger partial charge in [-0.25, -0.2) is 18.4 Å². The first-order chi connectivity index (χ1) is 8.41. The Labute approximate surface area is 108 Å². The summed E-state index contributed by atoms with van der Waals surface area (Å²) in [5.41, 5.74) is 0. The molecule has 1 aromatic heterocycles. The van der Waals surface area contributed by atoms with Crippen molar-refractivity contribution < 1.29 is 17.9 Å². The Morgan fingerprint density at radius 3 is 2.78 bits per heavy atom. The molecule has 1 saturated heterocycles. The minimum atomic E-state index is -3.76. The fourth-order valence-electron chi connectivity index (χ4n) is 1.67. The van der Waals surface area contributed by atoms with Crippen molar-refractivity contribution in [3.63, 3.8) is 0 Å². The molecule has 0 aromatic carbocycles. The summed E-state index contributed by atoms with van der Waals surface area (Å²) >= 11 is 0. The van der Waals surface area contributed by atoms with E-state index in [2.05, 4.69) is 9.97 Å². The van der Waals surface area contributed by atoms with E-state index in [0.29, 0.717) is 11.7 Å². The Balaban J connectivity index is 2.27. The van der Waals surface area contributed by atoms with Gasteiger partial charge in [0.25, 0.3) is 0 Å². The number of methoxy groups -OCH3 is 1. The quantitative estimate of drug-likeness (QED) is 0.737. The van der Waals surface area contributed by atoms with Gasteiger partial charge < -0.3 is 4.74 Å². The summed E-state index contributed by atoms with van der Waals surface area (Å²) in [6.45, 7) is -0.00909. The van der Waals surface area contributed by atoms with E-state index in [9.17, 15) is 13.2 Å². The molecule has 0 spiro atoms. The first-order valence-electron chi connectivity index (χ1n) is 5.01. The maximum atomic E-state index is 11.7. The second-order valence-electron chi connectivity index (χ2n) is 3.72. The van der Waals surface area contributed by atoms with Crippen molar-refractivity contribution in [1.82, 2.24) is 9.97 Å². The number of anilines is 1. The van der Waals surface area contributed by atoms with E-state index in [1.165, 1.54) is 24.4 Å². The van der Waals surface area contributed by atoms with Gasteiger partial charge in [-0.15, -0.1) is 0 Å². The summed E-state index contributed by atoms with van der Waals surface area (Å²) in [5.74, 6) is 0.254. The molecule has 1 fully saturated rings. The van der Waals surface area contributed by atoms with Gasteiger partial charge in [0.05, 0.1) is 7.11 Å². The Kier molecular flexibility index (Phi) is 3.40. The number of carbonyl (C=O) groups is 1. The molecule has 0 N–H and O–H groups in total. The molecule has 9 heteroatoms. The molecule has 1 unspecified atom stereocenters. The van der Waals surface area contributed by atoms with Gasteiger partial charge in [0.1, 0.15) is 17.4 Å². The van der Waals surface area contributed by atoms with E-state index in [4.69, 9.17) is 15.4 Å². The lowest BCUT2D eigenvalue weighted by molar-refractivity contribution is -0.117. The third-order valence-electron chi connectivity index (χ3n) is 2.60. The van der Waals surface area contributed by atoms with Gasteiger partial charge in [-0.2, -0.15) is 0 Å². The summed E-state index contributed by atoms with van der Waals surface area (Å²) in [5, 5.41) is -0.910. The summed E-state index contributed by atoms with van der Waals surface area (Å²) in [7, 11) is 2.93. The van der Waals surface area contributed by atoms with Crippen LogP contribution in [0.25, 0.3) is 0 Å². The SMILES string of the molecule is COc1cc(N2CC(S(=O)(=O)Cl)CC2=O)ncn1. The third kappa shape index (κ3) is 2.54. The summed E-state index contributed by atoms with van der Waals surface area (Å²) < 4.78 is 27.3. The van der Waals surface area contributed by atoms with Crippen LogP contribution in [0.3, 0.4) is 0 Å². The molecule has 7 nitrogen and oxygen atoms in total. The molecule has 0 aliphatic carbocycles. The fraction of sp³-hybridized carbons (Fsp3) is 0.444. The average molecular weight is 292 g/mol. The highest BCUT2D eigenvalue weighted by Crippen LogP contribution is 2.26. The zero-order chi connectivity index (χ0) is 13.3. The number of ether oxygens (including phenoxy) is 1. The average Bonchev–Trinajstić information content (AvgIpc) is 2.71. The normalized spacial score (nSPS) is 20.2. The Hall–Kier alpha value is -1.41. The minimum absolute atomic E-state index is 0.00909. The molecule has 1 atom stereocenters. The maximum Gasteiger partial charge on any atom is 0.237 e. The lowest BCUT2D eigenvalue weighted by atomic mass is 10.4. The number of hydrogen-bond donors (Lipinski definition) is 0. The molecule has 2 rings (SSSR count). The van der Waals surface area contributed by atoms with Crippen molar-refractivity contribution in [1.29, 1.82) is 0 Å². The van der Waals surface area contributed by atoms with Gasteiger partial charge in [0, 0.05) is 29.7 Å². The van der Waals surface area contributed by atoms with Crippen LogP contribution in [0.1, 0.15) is 6.42 Å². The molecule has 98 valence electrons. The van der Waals surface area contributed by atoms with Gasteiger partial charge in [0.2, 0.25) is 20.8 Å². The first-order valence-corrected chi connectivity index (χ1v) is 7.39. The van der Waals surface area contributed by atoms with Crippen LogP contribution in [0.5, 0.6) is 5.88 Å². The van der Waals surface area contributed by atoms with Gasteiger partial charge in [0.15, 0.2) is 0 Å². The summed E-state index contributed by atoms with van der Waals surface area (Å²) in [6.07, 6.45) is 1.10. The second-order valence-corrected chi connectivity index (χ2v) is 6.63. The van der Waals surface area contributed by atoms with E-state index in [-0.39, 0.29) is 18.9 Å². The number of carbonyl (C=O) groups excluding carboxylic acids is 1. The lowest BCUT2D eigenvalue weighted by Crippen LogP contribution is -2.27. The van der Waals surface area contributed by atoms with Crippen molar-refractivity contribution in [2.24, 2.45) is 0 Å². The largest absolute Gasteiger partial charge is 0.481 e. The van der Waals surface area contributed by atoms with Crippen LogP contribution in [0, 0.1) is 0 Å². The molecule has 0 bridgehead atoms. The van der Waals surface area contributed by atoms with Crippen LogP contribution in [-0.2, 0) is 13.8 Å². The van der Waals surface area contributed by atoms with E-state index in [1.54, 1.807) is 0 Å². The number of nitrogens with zero attached hydrogens (tertiary/aromatic N) is 3. The maximum absolute atomic E-state index is 11.7. The second kappa shape index (κ2) is 4.69. The van der Waals surface area contributed by atoms with Crippen LogP contribution in [0.4, 0.5) is 5.82 Å². The Morgan fingerprint density at radius 1 is 1.50 bits per heavy atom. The van der Waals surface area contributed by atoms with Crippen molar-refractivity contribution in [2.75, 3.05) is 18.6 Å². The fourth-order valence-corrected chi connectivity index (χ4v) is 2.70. The highest BCUT2D eigenvalue weighted by atomic mass is 35.7. The lowest BCUT2D eigenvalue weighted by Gasteiger charge is -2.14. The van der Waals surface area contributed by atoms with Crippen molar-refractivity contribution in [3.8, 4) is 5.88 Å². The van der Waals surface area contributed by atoms with Gasteiger partial charge >= 0.3 is 0 Å². The molecule has 1 aliphatic rings. The first kappa shape index (κ1) is 13.0. The number of aromatic nitrogens is 2. The molecular weight excluding hydrogens is 282 g/mol. The summed E-state index contributed by atoms with van der Waals surface area (Å²) in [6, 6.07) is 1.46. The monoisotopic (exact) mass is 291 g/mol. The van der Waals surface area contributed by atoms with E-state index in [0.717, 1.165) is 0 Å². The van der Waals surface area contributed by atoms with Crippen molar-refractivity contribution in [3.05, 3.63) is 12.4 Å². The van der Waals surface area contributed by atoms with E-state index in [1.807, 2.05) is 0 Å². The smallest absolute Gasteiger partial charge is 0.237 e. The van der Waals surface area contributed by atoms with Crippen LogP contribution in [-0.4, -0.2) is 43.2 Å². The Morgan fingerprint density at radius 2 is 2.22 bits per heavy atom. The van der Waals surface area contributed by atoms with Gasteiger partial charge in [-0.3, -0.25) is 9.69 Å². The highest BCUT2D eigenvalue weighted by Gasteiger charge is 2.38. The zero-order valence-electron chi connectivity index (χ0n) is 9.41. The van der Waals surface area contributed by atoms with Crippen molar-refractivity contribution in [2.45, 2.75) is 11.7 Å². The molecule has 1 aromatic rings. The highest BCUT2D eigenvalue weighted by molar-refractivity contribution is 8.14. The number of amides is 1. The number of rotatable bonds is 3. The number of hydrogen-bond acceptors (Lipinski definition) is 6. The molecular formula is C9H10ClN3O4S. The number of halogens is 1. The molecule has 1 amide bonds. The van der Waals surface area contributed by atoms with Gasteiger partial charge in [-0.05, 0) is 0 Å². The predicted molar refractivity (Wildman–Crippen MR) is 64.1 cm³/mol. The zero-order valence-corrected chi connectivity index (χ0v) is 11.0. The van der Waals surface area contributed by atoms with Crippen LogP contribution < -0.4 is 9.64 Å². The minimum Gasteiger partial charge on any atom is -0.481 e. The van der Waals surface area contributed by atoms with Gasteiger partial charge in [-0.1, -0.05) is 0 Å². The van der Waals surface area contributed by atoms with Crippen LogP contribution >= 0.6 is 10.7 Å². The van der Waals surface area contributed by atoms with E-state index < -0.39 is 14.3 Å². The molecule has 1 aliphatic heterocycles. The third-order valence-corrected chi connectivity index (χ3v) is 4.47. The molecule has 2 heterocycles. The Bertz CT molecular complexity index is 577. The molecule has 0 radical (unpaired) electrons. The topological polar surface area (TPSA) is 89.5 Å². The predicted octanol–water partition coefficient (Wildman–Crippen LogP) is 0.159. The van der Waals surface area contributed by atoms with Crippen LogP contribution in [0.2, 0.25) is 0 Å².